The summed E-state index contributed by atoms with van der Waals surface area (Å²) in [4.78, 5) is 95.1. The van der Waals surface area contributed by atoms with Gasteiger partial charge in [0.15, 0.2) is 46.3 Å². The summed E-state index contributed by atoms with van der Waals surface area (Å²) in [6.45, 7) is 15.5. The molecule has 4 saturated heterocycles. The average molecular weight is 1970 g/mol. The number of nitrogens with zero attached hydrogens (tertiary/aromatic N) is 15. The number of anilines is 5. The van der Waals surface area contributed by atoms with E-state index in [-0.39, 0.29) is 39.1 Å². The second-order valence-electron chi connectivity index (χ2n) is 34.2. The maximum atomic E-state index is 14.4. The van der Waals surface area contributed by atoms with Crippen molar-refractivity contribution in [1.29, 1.82) is 0 Å². The van der Waals surface area contributed by atoms with Crippen molar-refractivity contribution in [3.63, 3.8) is 0 Å². The van der Waals surface area contributed by atoms with Crippen LogP contribution in [0, 0.1) is 18.6 Å². The van der Waals surface area contributed by atoms with Crippen LogP contribution >= 0.6 is 0 Å². The number of carbonyl (C=O) groups is 4. The molecule has 143 heavy (non-hydrogen) atoms. The Labute approximate surface area is 816 Å². The van der Waals surface area contributed by atoms with E-state index in [0.29, 0.717) is 157 Å². The highest BCUT2D eigenvalue weighted by atomic mass is 32.2. The fourth-order valence-corrected chi connectivity index (χ4v) is 18.4. The number of methoxy groups -OCH3 is 5. The highest BCUT2D eigenvalue weighted by molar-refractivity contribution is 7.89. The van der Waals surface area contributed by atoms with E-state index in [4.69, 9.17) is 43.4 Å². The van der Waals surface area contributed by atoms with E-state index < -0.39 is 39.6 Å². The molecule has 4 fully saturated rings. The molecule has 4 aliphatic rings. The number of aryl methyl sites for hydroxylation is 1. The Morgan fingerprint density at radius 2 is 0.895 bits per heavy atom. The van der Waals surface area contributed by atoms with Crippen molar-refractivity contribution < 1.29 is 74.1 Å². The van der Waals surface area contributed by atoms with Crippen LogP contribution in [0.3, 0.4) is 0 Å². The number of amides is 4. The topological polar surface area (TPSA) is 516 Å². The van der Waals surface area contributed by atoms with Gasteiger partial charge < -0.3 is 99.3 Å². The number of likely N-dealkylation sites (N-methyl/N-ethyl adjacent to an activating group) is 2. The third-order valence-electron chi connectivity index (χ3n) is 24.8. The molecule has 21 rings (SSSR count). The Bertz CT molecular complexity index is 7450. The number of nitrogens with one attached hydrogen (secondary N) is 12. The minimum absolute atomic E-state index is 0.0191. The van der Waals surface area contributed by atoms with Crippen LogP contribution in [0.4, 0.5) is 37.2 Å². The number of benzene rings is 8. The third kappa shape index (κ3) is 22.1. The monoisotopic (exact) mass is 1970 g/mol. The van der Waals surface area contributed by atoms with Crippen LogP contribution in [0.1, 0.15) is 59.6 Å². The number of aromatic nitrogens is 17. The first-order valence-electron chi connectivity index (χ1n) is 45.8. The van der Waals surface area contributed by atoms with Crippen LogP contribution in [0.2, 0.25) is 0 Å². The number of piperazine rings is 2. The predicted octanol–water partition coefficient (Wildman–Crippen LogP) is 11.8. The van der Waals surface area contributed by atoms with Gasteiger partial charge in [0.05, 0.1) is 164 Å². The fraction of sp³-hybridized carbons (Fsp3) is 0.276. The summed E-state index contributed by atoms with van der Waals surface area (Å²) >= 11 is 0. The molecule has 0 spiro atoms. The zero-order chi connectivity index (χ0) is 99.5. The summed E-state index contributed by atoms with van der Waals surface area (Å²) in [7, 11) is 7.83. The second kappa shape index (κ2) is 43.3. The van der Waals surface area contributed by atoms with Gasteiger partial charge in [-0.3, -0.25) is 49.4 Å². The number of nitrogens with two attached hydrogens (primary N) is 1. The van der Waals surface area contributed by atoms with Crippen molar-refractivity contribution in [2.24, 2.45) is 5.73 Å². The van der Waals surface area contributed by atoms with Gasteiger partial charge in [-0.25, -0.2) is 37.1 Å². The van der Waals surface area contributed by atoms with Crippen LogP contribution in [-0.2, 0) is 37.4 Å². The first-order chi connectivity index (χ1) is 69.4. The van der Waals surface area contributed by atoms with Crippen LogP contribution in [0.25, 0.3) is 101 Å². The average Bonchev–Trinajstić information content (AvgIpc) is 1.58. The number of hydrogen-bond acceptors (Lipinski definition) is 29. The van der Waals surface area contributed by atoms with Gasteiger partial charge >= 0.3 is 0 Å². The molecule has 8 aromatic carbocycles. The molecular weight excluding hydrogens is 1860 g/mol. The minimum atomic E-state index is -3.79. The molecule has 4 amide bonds. The number of halogens is 2. The van der Waals surface area contributed by atoms with Gasteiger partial charge in [-0.15, -0.1) is 0 Å². The van der Waals surface area contributed by atoms with Gasteiger partial charge in [0.2, 0.25) is 15.9 Å². The number of sulfonamides is 1. The van der Waals surface area contributed by atoms with E-state index in [1.54, 1.807) is 84.0 Å². The number of ether oxygens (including phenoxy) is 7. The molecule has 45 heteroatoms. The van der Waals surface area contributed by atoms with E-state index in [9.17, 15) is 36.4 Å². The quantitative estimate of drug-likeness (QED) is 0.0239. The van der Waals surface area contributed by atoms with Crippen LogP contribution in [0.5, 0.6) is 28.7 Å². The summed E-state index contributed by atoms with van der Waals surface area (Å²) in [5.41, 5.74) is 21.4. The van der Waals surface area contributed by atoms with Gasteiger partial charge in [-0.1, -0.05) is 47.6 Å². The first-order valence-corrected chi connectivity index (χ1v) is 47.2. The van der Waals surface area contributed by atoms with Crippen molar-refractivity contribution in [2.45, 2.75) is 31.0 Å². The maximum absolute atomic E-state index is 14.4. The van der Waals surface area contributed by atoms with E-state index in [0.717, 1.165) is 125 Å². The third-order valence-corrected chi connectivity index (χ3v) is 26.7. The summed E-state index contributed by atoms with van der Waals surface area (Å²) in [6.07, 6.45) is 6.01. The second-order valence-corrected chi connectivity index (χ2v) is 36.1. The number of carbonyl (C=O) groups excluding carboxylic acids is 4. The summed E-state index contributed by atoms with van der Waals surface area (Å²) in [5, 5.41) is 43.3. The van der Waals surface area contributed by atoms with Gasteiger partial charge in [-0.2, -0.15) is 24.7 Å². The number of rotatable bonds is 26. The van der Waals surface area contributed by atoms with Gasteiger partial charge in [0, 0.05) is 133 Å². The molecular formula is C98H104F2N28O14S. The molecule has 17 aromatic rings. The number of fused-ring (bicyclic) bond motifs is 4. The number of hydrogen-bond donors (Lipinski definition) is 13. The molecule has 0 saturated carbocycles. The lowest BCUT2D eigenvalue weighted by Gasteiger charge is -2.34. The van der Waals surface area contributed by atoms with Crippen molar-refractivity contribution in [3.05, 3.63) is 227 Å². The highest BCUT2D eigenvalue weighted by Gasteiger charge is 2.33. The van der Waals surface area contributed by atoms with Crippen LogP contribution < -0.4 is 55.6 Å². The number of morpholine rings is 2. The minimum Gasteiger partial charge on any atom is -0.496 e. The van der Waals surface area contributed by atoms with Crippen LogP contribution in [0.15, 0.2) is 186 Å². The van der Waals surface area contributed by atoms with Crippen molar-refractivity contribution >= 4 is 106 Å². The Morgan fingerprint density at radius 1 is 0.455 bits per heavy atom. The van der Waals surface area contributed by atoms with E-state index >= 15 is 0 Å². The molecule has 1 unspecified atom stereocenters. The van der Waals surface area contributed by atoms with Crippen molar-refractivity contribution in [1.82, 2.24) is 110 Å². The zero-order valence-electron chi connectivity index (χ0n) is 79.2. The summed E-state index contributed by atoms with van der Waals surface area (Å²) in [6, 6.07) is 42.2. The van der Waals surface area contributed by atoms with Gasteiger partial charge in [-0.05, 0) is 123 Å². The number of imidazole rings is 4. The largest absolute Gasteiger partial charge is 0.496 e. The Morgan fingerprint density at radius 3 is 1.38 bits per heavy atom. The molecule has 9 aromatic heterocycles. The predicted molar refractivity (Wildman–Crippen MR) is 531 cm³/mol. The van der Waals surface area contributed by atoms with Crippen molar-refractivity contribution in [2.75, 3.05) is 181 Å². The fourth-order valence-electron chi connectivity index (χ4n) is 16.9. The lowest BCUT2D eigenvalue weighted by molar-refractivity contribution is -0.117. The molecule has 4 aliphatic heterocycles. The SMILES string of the molecule is COc1cc2nc(-c3[nH]ncc3NC(=O)c3cc(F)cc(N4CCN(C)CC4)c3)[nH]c2cc1OC.COc1cc2nc(-c3[nH]ncc3NC(=O)c3cc(S(=O)(=O)N4CCN(C)CC4)ccc3OC)[nH]c2cc1OC.Cc1onc(-c2ccc(F)cc2)c1C(=O)Nc1cn[nH]c1-c1nc2ccc(CN3CCOCC3)cc2[nH]1.NC(C(=O)Nc1cn[nH]c1-c1nc2ccc(CN3CCOCC3)cc2[nH]1)c1ccccc1. The van der Waals surface area contributed by atoms with E-state index in [2.05, 4.69) is 163 Å². The summed E-state index contributed by atoms with van der Waals surface area (Å²) < 4.78 is 98.7. The smallest absolute Gasteiger partial charge is 0.261 e. The molecule has 1 atom stereocenters. The zero-order valence-corrected chi connectivity index (χ0v) is 80.0. The molecule has 42 nitrogen and oxygen atoms in total. The number of aromatic amines is 8. The molecule has 0 aliphatic carbocycles. The Kier molecular flexibility index (Phi) is 29.4. The van der Waals surface area contributed by atoms with Crippen molar-refractivity contribution in [3.8, 4) is 86.1 Å². The molecule has 0 radical (unpaired) electrons. The Hall–Kier alpha value is -16.1. The lowest BCUT2D eigenvalue weighted by Crippen LogP contribution is -2.47. The first kappa shape index (κ1) is 97.1. The maximum Gasteiger partial charge on any atom is 0.261 e. The summed E-state index contributed by atoms with van der Waals surface area (Å²) in [5.74, 6) is 2.22. The highest BCUT2D eigenvalue weighted by Crippen LogP contribution is 2.39. The molecule has 740 valence electrons. The molecule has 13 heterocycles. The van der Waals surface area contributed by atoms with E-state index in [1.807, 2.05) is 49.5 Å². The van der Waals surface area contributed by atoms with Gasteiger partial charge in [0.1, 0.15) is 63.2 Å². The van der Waals surface area contributed by atoms with Crippen LogP contribution in [-0.4, -0.2) is 296 Å². The van der Waals surface area contributed by atoms with E-state index in [1.165, 1.54) is 83.6 Å². The standard InChI is InChI=1S/C26H24FN7O3.C25H29N7O6S.C24H26FN7O3.C23H25N7O2/c1-15-22(23(33-37-15)17-3-5-18(27)6-4-17)26(35)31-21-13-28-32-24(21)25-29-19-7-2-16(12-20(19)30-25)14-34-8-10-36-11-9-34;1-31-7-9-32(10-8-31)39(34,35)15-5-6-20(36-2)16(11-15)25(33)29-19-14-26-30-23(19)24-27-17-12-21(37-3)22(38-4)13-18(17)28-24;1-31-4-6-32(7-5-31)16-9-14(8-15(25)10-16)24(33)29-19-13-26-30-22(19)23-27-17-11-20(34-2)21(35-3)12-18(17)28-23;24-20(16-4-2-1-3-5-16)23(31)28-19-13-25-29-21(19)22-26-17-7-6-15(12-18(17)27-22)14-30-8-10-32-11-9-30/h2-7,12-13H,8-11,14H2,1H3,(H,28,32)(H,29,30)(H,31,35);5-6,11-14H,7-10H2,1-4H3,(H,26,30)(H,27,28)(H,29,33);8-13H,4-7H2,1-3H3,(H,26,30)(H,27,28)(H,29,33);1-7,12-13,20H,8-11,14,24H2,(H,25,29)(H,26,27)(H,28,31). The molecule has 0 bridgehead atoms. The molecule has 14 N–H and O–H groups in total. The Balaban J connectivity index is 0.000000126. The van der Waals surface area contributed by atoms with Gasteiger partial charge in [0.25, 0.3) is 17.7 Å². The number of H-pyrrole nitrogens is 8. The normalized spacial score (nSPS) is 14.8. The lowest BCUT2D eigenvalue weighted by atomic mass is 10.1.